The monoisotopic (exact) mass is 816 g/mol. The molecule has 12 aromatic rings. The Balaban J connectivity index is 1.19. The molecule has 0 aliphatic heterocycles. The van der Waals surface area contributed by atoms with E-state index in [2.05, 4.69) is 161 Å². The molecule has 0 amide bonds. The molecule has 3 aromatic heterocycles. The fraction of sp³-hybridized carbons (Fsp3) is 0. The van der Waals surface area contributed by atoms with Crippen LogP contribution in [0.2, 0.25) is 0 Å². The summed E-state index contributed by atoms with van der Waals surface area (Å²) in [7, 11) is 0. The Bertz CT molecular complexity index is 3540. The third-order valence-electron chi connectivity index (χ3n) is 12.2. The van der Waals surface area contributed by atoms with Crippen molar-refractivity contribution in [3.63, 3.8) is 0 Å². The lowest BCUT2D eigenvalue weighted by atomic mass is 10.0. The van der Waals surface area contributed by atoms with Crippen LogP contribution in [0.1, 0.15) is 5.56 Å². The van der Waals surface area contributed by atoms with Crippen molar-refractivity contribution in [2.24, 2.45) is 0 Å². The van der Waals surface area contributed by atoms with Crippen LogP contribution >= 0.6 is 0 Å². The number of fused-ring (bicyclic) bond motifs is 6. The molecule has 3 heterocycles. The van der Waals surface area contributed by atoms with Gasteiger partial charge in [0.05, 0.1) is 33.4 Å². The zero-order valence-corrected chi connectivity index (χ0v) is 34.5. The number of hydrogen-bond acceptors (Lipinski definition) is 4. The Morgan fingerprint density at radius 3 is 1.05 bits per heavy atom. The molecule has 0 radical (unpaired) electrons. The highest BCUT2D eigenvalue weighted by Gasteiger charge is 2.24. The first kappa shape index (κ1) is 36.9. The van der Waals surface area contributed by atoms with Crippen molar-refractivity contribution in [3.05, 3.63) is 224 Å². The van der Waals surface area contributed by atoms with Crippen LogP contribution in [-0.2, 0) is 0 Å². The van der Waals surface area contributed by atoms with E-state index in [1.165, 1.54) is 0 Å². The topological polar surface area (TPSA) is 72.3 Å². The van der Waals surface area contributed by atoms with Crippen molar-refractivity contribution in [1.82, 2.24) is 24.1 Å². The zero-order valence-electron chi connectivity index (χ0n) is 34.5. The number of aromatic nitrogens is 5. The summed E-state index contributed by atoms with van der Waals surface area (Å²) in [6.45, 7) is 0. The Kier molecular flexibility index (Phi) is 8.77. The Morgan fingerprint density at radius 1 is 0.297 bits per heavy atom. The van der Waals surface area contributed by atoms with Crippen LogP contribution in [0.4, 0.5) is 0 Å². The summed E-state index contributed by atoms with van der Waals surface area (Å²) in [6, 6.07) is 78.0. The van der Waals surface area contributed by atoms with Gasteiger partial charge in [-0.25, -0.2) is 15.0 Å². The van der Waals surface area contributed by atoms with Gasteiger partial charge in [0.15, 0.2) is 17.5 Å². The molecule has 9 aromatic carbocycles. The molecule has 0 aliphatic rings. The van der Waals surface area contributed by atoms with Crippen molar-refractivity contribution in [2.45, 2.75) is 0 Å². The highest BCUT2D eigenvalue weighted by atomic mass is 15.1. The molecule has 0 unspecified atom stereocenters. The van der Waals surface area contributed by atoms with Crippen LogP contribution in [-0.4, -0.2) is 24.1 Å². The van der Waals surface area contributed by atoms with E-state index in [-0.39, 0.29) is 0 Å². The molecule has 0 atom stereocenters. The predicted molar refractivity (Wildman–Crippen MR) is 260 cm³/mol. The fourth-order valence-electron chi connectivity index (χ4n) is 9.23. The molecule has 6 heteroatoms. The standard InChI is InChI=1S/C58H36N6/c59-37-49-54(63-50-27-15-13-25-45(50)47-33-42(29-31-52(47)63)38-17-5-1-6-18-38)35-44(58-61-56(40-21-9-3-10-22-40)60-57(62-58)41-23-11-4-12-24-41)36-55(49)64-51-28-16-14-26-46(51)48-34-43(30-32-53(48)64)39-19-7-2-8-20-39/h1-36H. The molecule has 6 nitrogen and oxygen atoms in total. The smallest absolute Gasteiger partial charge is 0.164 e. The van der Waals surface area contributed by atoms with E-state index < -0.39 is 0 Å². The summed E-state index contributed by atoms with van der Waals surface area (Å²) < 4.78 is 4.48. The summed E-state index contributed by atoms with van der Waals surface area (Å²) in [4.78, 5) is 15.5. The van der Waals surface area contributed by atoms with Crippen molar-refractivity contribution in [2.75, 3.05) is 0 Å². The molecule has 0 bridgehead atoms. The minimum Gasteiger partial charge on any atom is -0.308 e. The molecule has 0 saturated carbocycles. The second-order valence-electron chi connectivity index (χ2n) is 15.9. The van der Waals surface area contributed by atoms with Crippen molar-refractivity contribution in [3.8, 4) is 73.9 Å². The maximum Gasteiger partial charge on any atom is 0.164 e. The minimum absolute atomic E-state index is 0.499. The van der Waals surface area contributed by atoms with Gasteiger partial charge in [0.1, 0.15) is 11.6 Å². The highest BCUT2D eigenvalue weighted by molar-refractivity contribution is 6.12. The van der Waals surface area contributed by atoms with E-state index in [1.54, 1.807) is 0 Å². The highest BCUT2D eigenvalue weighted by Crippen LogP contribution is 2.42. The molecule has 12 rings (SSSR count). The largest absolute Gasteiger partial charge is 0.308 e. The second kappa shape index (κ2) is 15.2. The van der Waals surface area contributed by atoms with Gasteiger partial charge in [0.2, 0.25) is 0 Å². The number of hydrogen-bond donors (Lipinski definition) is 0. The van der Waals surface area contributed by atoms with Crippen LogP contribution in [0.15, 0.2) is 218 Å². The molecule has 0 fully saturated rings. The third kappa shape index (κ3) is 6.14. The van der Waals surface area contributed by atoms with Crippen LogP contribution in [0, 0.1) is 11.3 Å². The van der Waals surface area contributed by atoms with E-state index in [4.69, 9.17) is 15.0 Å². The number of rotatable bonds is 7. The lowest BCUT2D eigenvalue weighted by molar-refractivity contribution is 1.06. The van der Waals surface area contributed by atoms with Crippen LogP contribution in [0.25, 0.3) is 111 Å². The fourth-order valence-corrected chi connectivity index (χ4v) is 9.23. The Morgan fingerprint density at radius 2 is 0.641 bits per heavy atom. The lowest BCUT2D eigenvalue weighted by Gasteiger charge is -2.18. The van der Waals surface area contributed by atoms with Crippen molar-refractivity contribution in [1.29, 1.82) is 5.26 Å². The minimum atomic E-state index is 0.499. The summed E-state index contributed by atoms with van der Waals surface area (Å²) in [6.07, 6.45) is 0. The van der Waals surface area contributed by atoms with Crippen LogP contribution < -0.4 is 0 Å². The summed E-state index contributed by atoms with van der Waals surface area (Å²) in [5.74, 6) is 1.62. The van der Waals surface area contributed by atoms with Crippen molar-refractivity contribution >= 4 is 43.6 Å². The van der Waals surface area contributed by atoms with Crippen LogP contribution in [0.3, 0.4) is 0 Å². The van der Waals surface area contributed by atoms with E-state index >= 15 is 0 Å². The maximum atomic E-state index is 11.6. The maximum absolute atomic E-state index is 11.6. The predicted octanol–water partition coefficient (Wildman–Crippen LogP) is 14.3. The molecular weight excluding hydrogens is 781 g/mol. The Labute approximate surface area is 369 Å². The first-order chi connectivity index (χ1) is 31.7. The number of nitrogens with zero attached hydrogens (tertiary/aromatic N) is 6. The first-order valence-corrected chi connectivity index (χ1v) is 21.3. The third-order valence-corrected chi connectivity index (χ3v) is 12.2. The number of para-hydroxylation sites is 2. The molecule has 0 saturated heterocycles. The molecule has 298 valence electrons. The summed E-state index contributed by atoms with van der Waals surface area (Å²) in [5, 5.41) is 16.0. The molecule has 64 heavy (non-hydrogen) atoms. The average Bonchev–Trinajstić information content (AvgIpc) is 3.89. The SMILES string of the molecule is N#Cc1c(-n2c3ccccc3c3cc(-c4ccccc4)ccc32)cc(-c2nc(-c3ccccc3)nc(-c3ccccc3)n2)cc1-n1c2ccccc2c2cc(-c3ccccc3)ccc21. The van der Waals surface area contributed by atoms with Gasteiger partial charge in [-0.3, -0.25) is 0 Å². The lowest BCUT2D eigenvalue weighted by Crippen LogP contribution is -2.07. The summed E-state index contributed by atoms with van der Waals surface area (Å²) in [5.41, 5.74) is 13.0. The zero-order chi connectivity index (χ0) is 42.6. The van der Waals surface area contributed by atoms with Gasteiger partial charge in [-0.05, 0) is 70.8 Å². The summed E-state index contributed by atoms with van der Waals surface area (Å²) >= 11 is 0. The van der Waals surface area contributed by atoms with E-state index in [0.29, 0.717) is 23.0 Å². The van der Waals surface area contributed by atoms with Gasteiger partial charge in [-0.2, -0.15) is 5.26 Å². The van der Waals surface area contributed by atoms with Gasteiger partial charge in [-0.15, -0.1) is 0 Å². The van der Waals surface area contributed by atoms with Crippen molar-refractivity contribution < 1.29 is 0 Å². The van der Waals surface area contributed by atoms with Crippen LogP contribution in [0.5, 0.6) is 0 Å². The molecular formula is C58H36N6. The van der Waals surface area contributed by atoms with E-state index in [9.17, 15) is 5.26 Å². The average molecular weight is 817 g/mol. The second-order valence-corrected chi connectivity index (χ2v) is 15.9. The quantitative estimate of drug-likeness (QED) is 0.161. The molecule has 0 aliphatic carbocycles. The van der Waals surface area contributed by atoms with Gasteiger partial charge < -0.3 is 9.13 Å². The van der Waals surface area contributed by atoms with Gasteiger partial charge in [0, 0.05) is 38.2 Å². The normalized spacial score (nSPS) is 11.4. The Hall–Kier alpha value is -8.92. The molecule has 0 spiro atoms. The number of nitriles is 1. The van der Waals surface area contributed by atoms with E-state index in [1.807, 2.05) is 72.8 Å². The van der Waals surface area contributed by atoms with Gasteiger partial charge >= 0.3 is 0 Å². The van der Waals surface area contributed by atoms with E-state index in [0.717, 1.165) is 93.9 Å². The molecule has 0 N–H and O–H groups in total. The first-order valence-electron chi connectivity index (χ1n) is 21.3. The van der Waals surface area contributed by atoms with Gasteiger partial charge in [0.25, 0.3) is 0 Å². The van der Waals surface area contributed by atoms with Gasteiger partial charge in [-0.1, -0.05) is 170 Å². The number of benzene rings is 9.